The SMILES string of the molecule is CC(C)(CO)NC(=O)c1cccc2cnc(N[C@H]3CC[C@H](O)CC3)nc12. The van der Waals surface area contributed by atoms with E-state index in [2.05, 4.69) is 20.6 Å². The molecular weight excluding hydrogens is 332 g/mol. The highest BCUT2D eigenvalue weighted by Gasteiger charge is 2.23. The lowest BCUT2D eigenvalue weighted by atomic mass is 9.93. The van der Waals surface area contributed by atoms with E-state index in [1.807, 2.05) is 6.07 Å². The number of para-hydroxylation sites is 1. The number of rotatable bonds is 5. The highest BCUT2D eigenvalue weighted by atomic mass is 16.3. The second-order valence-electron chi connectivity index (χ2n) is 7.58. The van der Waals surface area contributed by atoms with Crippen LogP contribution in [-0.2, 0) is 0 Å². The van der Waals surface area contributed by atoms with Gasteiger partial charge in [-0.05, 0) is 45.6 Å². The molecule has 0 bridgehead atoms. The Hall–Kier alpha value is -2.25. The lowest BCUT2D eigenvalue weighted by Crippen LogP contribution is -2.46. The highest BCUT2D eigenvalue weighted by molar-refractivity contribution is 6.05. The number of aliphatic hydroxyl groups is 2. The molecule has 1 aromatic heterocycles. The van der Waals surface area contributed by atoms with Gasteiger partial charge in [-0.1, -0.05) is 12.1 Å². The zero-order chi connectivity index (χ0) is 18.7. The smallest absolute Gasteiger partial charge is 0.253 e. The fourth-order valence-corrected chi connectivity index (χ4v) is 3.13. The van der Waals surface area contributed by atoms with Gasteiger partial charge in [0.25, 0.3) is 5.91 Å². The first-order chi connectivity index (χ1) is 12.4. The standard InChI is InChI=1S/C19H26N4O3/c1-19(2,11-24)23-17(26)15-5-3-4-12-10-20-18(22-16(12)15)21-13-6-8-14(25)9-7-13/h3-5,10,13-14,24-25H,6-9,11H2,1-2H3,(H,23,26)(H,20,21,22)/t13-,14-. The molecular formula is C19H26N4O3. The van der Waals surface area contributed by atoms with Crippen LogP contribution in [0.25, 0.3) is 10.9 Å². The van der Waals surface area contributed by atoms with E-state index in [1.54, 1.807) is 32.2 Å². The van der Waals surface area contributed by atoms with E-state index >= 15 is 0 Å². The molecule has 1 aliphatic rings. The molecule has 0 atom stereocenters. The van der Waals surface area contributed by atoms with Crippen molar-refractivity contribution in [3.63, 3.8) is 0 Å². The summed E-state index contributed by atoms with van der Waals surface area (Å²) >= 11 is 0. The first kappa shape index (κ1) is 18.5. The molecule has 0 radical (unpaired) electrons. The molecule has 7 heteroatoms. The van der Waals surface area contributed by atoms with Crippen LogP contribution in [-0.4, -0.2) is 50.4 Å². The topological polar surface area (TPSA) is 107 Å². The molecule has 1 heterocycles. The highest BCUT2D eigenvalue weighted by Crippen LogP contribution is 2.23. The van der Waals surface area contributed by atoms with Crippen LogP contribution in [0.4, 0.5) is 5.95 Å². The van der Waals surface area contributed by atoms with Gasteiger partial charge in [0.2, 0.25) is 5.95 Å². The Morgan fingerprint density at radius 1 is 1.27 bits per heavy atom. The van der Waals surface area contributed by atoms with Crippen molar-refractivity contribution in [2.24, 2.45) is 0 Å². The Labute approximate surface area is 152 Å². The quantitative estimate of drug-likeness (QED) is 0.650. The summed E-state index contributed by atoms with van der Waals surface area (Å²) in [5, 5.41) is 25.9. The number of aromatic nitrogens is 2. The summed E-state index contributed by atoms with van der Waals surface area (Å²) in [6.45, 7) is 3.36. The van der Waals surface area contributed by atoms with Gasteiger partial charge in [0.15, 0.2) is 0 Å². The number of carbonyl (C=O) groups is 1. The minimum absolute atomic E-state index is 0.154. The molecule has 1 amide bonds. The van der Waals surface area contributed by atoms with Crippen molar-refractivity contribution in [1.82, 2.24) is 15.3 Å². The minimum Gasteiger partial charge on any atom is -0.394 e. The third-order valence-electron chi connectivity index (χ3n) is 4.73. The summed E-state index contributed by atoms with van der Waals surface area (Å²) < 4.78 is 0. The number of amides is 1. The van der Waals surface area contributed by atoms with Gasteiger partial charge < -0.3 is 20.8 Å². The number of hydrogen-bond acceptors (Lipinski definition) is 6. The van der Waals surface area contributed by atoms with Gasteiger partial charge in [0.05, 0.1) is 29.3 Å². The Bertz CT molecular complexity index is 785. The van der Waals surface area contributed by atoms with E-state index in [4.69, 9.17) is 0 Å². The third kappa shape index (κ3) is 4.28. The molecule has 140 valence electrons. The summed E-state index contributed by atoms with van der Waals surface area (Å²) in [4.78, 5) is 21.6. The van der Waals surface area contributed by atoms with Gasteiger partial charge in [0, 0.05) is 17.6 Å². The summed E-state index contributed by atoms with van der Waals surface area (Å²) in [5.41, 5.74) is 0.316. The second-order valence-corrected chi connectivity index (χ2v) is 7.58. The monoisotopic (exact) mass is 358 g/mol. The molecule has 4 N–H and O–H groups in total. The Morgan fingerprint density at radius 2 is 2.00 bits per heavy atom. The molecule has 0 unspecified atom stereocenters. The van der Waals surface area contributed by atoms with Gasteiger partial charge in [-0.15, -0.1) is 0 Å². The van der Waals surface area contributed by atoms with Crippen molar-refractivity contribution in [1.29, 1.82) is 0 Å². The molecule has 1 fully saturated rings. The van der Waals surface area contributed by atoms with Crippen LogP contribution in [0, 0.1) is 0 Å². The molecule has 1 saturated carbocycles. The van der Waals surface area contributed by atoms with E-state index in [1.165, 1.54) is 0 Å². The molecule has 7 nitrogen and oxygen atoms in total. The number of nitrogens with one attached hydrogen (secondary N) is 2. The number of carbonyl (C=O) groups excluding carboxylic acids is 1. The average Bonchev–Trinajstić information content (AvgIpc) is 2.62. The molecule has 1 aliphatic carbocycles. The zero-order valence-corrected chi connectivity index (χ0v) is 15.2. The molecule has 26 heavy (non-hydrogen) atoms. The summed E-state index contributed by atoms with van der Waals surface area (Å²) in [5.74, 6) is 0.209. The van der Waals surface area contributed by atoms with E-state index in [9.17, 15) is 15.0 Å². The van der Waals surface area contributed by atoms with Gasteiger partial charge in [-0.2, -0.15) is 0 Å². The van der Waals surface area contributed by atoms with Crippen molar-refractivity contribution >= 4 is 22.8 Å². The van der Waals surface area contributed by atoms with Crippen LogP contribution in [0.15, 0.2) is 24.4 Å². The van der Waals surface area contributed by atoms with Crippen molar-refractivity contribution in [2.45, 2.75) is 57.2 Å². The molecule has 3 rings (SSSR count). The second kappa shape index (κ2) is 7.55. The Kier molecular flexibility index (Phi) is 5.38. The lowest BCUT2D eigenvalue weighted by Gasteiger charge is -2.26. The minimum atomic E-state index is -0.712. The number of aliphatic hydroxyl groups excluding tert-OH is 2. The summed E-state index contributed by atoms with van der Waals surface area (Å²) in [7, 11) is 0. The lowest BCUT2D eigenvalue weighted by molar-refractivity contribution is 0.0871. The maximum absolute atomic E-state index is 12.6. The normalized spacial score (nSPS) is 20.8. The first-order valence-corrected chi connectivity index (χ1v) is 9.02. The van der Waals surface area contributed by atoms with Crippen LogP contribution >= 0.6 is 0 Å². The number of fused-ring (bicyclic) bond motifs is 1. The zero-order valence-electron chi connectivity index (χ0n) is 15.2. The van der Waals surface area contributed by atoms with Gasteiger partial charge >= 0.3 is 0 Å². The van der Waals surface area contributed by atoms with E-state index in [-0.39, 0.29) is 24.7 Å². The molecule has 2 aromatic rings. The van der Waals surface area contributed by atoms with Crippen molar-refractivity contribution in [3.8, 4) is 0 Å². The molecule has 1 aromatic carbocycles. The van der Waals surface area contributed by atoms with Gasteiger partial charge in [-0.3, -0.25) is 4.79 Å². The molecule has 0 saturated heterocycles. The van der Waals surface area contributed by atoms with Crippen LogP contribution in [0.1, 0.15) is 49.9 Å². The van der Waals surface area contributed by atoms with E-state index < -0.39 is 5.54 Å². The van der Waals surface area contributed by atoms with E-state index in [0.717, 1.165) is 31.1 Å². The fourth-order valence-electron chi connectivity index (χ4n) is 3.13. The summed E-state index contributed by atoms with van der Waals surface area (Å²) in [6.07, 6.45) is 4.78. The number of nitrogens with zero attached hydrogens (tertiary/aromatic N) is 2. The predicted octanol–water partition coefficient (Wildman–Crippen LogP) is 1.85. The fraction of sp³-hybridized carbons (Fsp3) is 0.526. The van der Waals surface area contributed by atoms with E-state index in [0.29, 0.717) is 17.0 Å². The van der Waals surface area contributed by atoms with Crippen LogP contribution in [0.3, 0.4) is 0 Å². The number of anilines is 1. The largest absolute Gasteiger partial charge is 0.394 e. The van der Waals surface area contributed by atoms with Crippen LogP contribution in [0.2, 0.25) is 0 Å². The van der Waals surface area contributed by atoms with Crippen LogP contribution in [0.5, 0.6) is 0 Å². The first-order valence-electron chi connectivity index (χ1n) is 9.02. The maximum atomic E-state index is 12.6. The third-order valence-corrected chi connectivity index (χ3v) is 4.73. The van der Waals surface area contributed by atoms with Crippen molar-refractivity contribution in [3.05, 3.63) is 30.0 Å². The number of hydrogen-bond donors (Lipinski definition) is 4. The van der Waals surface area contributed by atoms with Crippen molar-refractivity contribution in [2.75, 3.05) is 11.9 Å². The average molecular weight is 358 g/mol. The van der Waals surface area contributed by atoms with Crippen molar-refractivity contribution < 1.29 is 15.0 Å². The Morgan fingerprint density at radius 3 is 2.69 bits per heavy atom. The molecule has 0 aliphatic heterocycles. The number of benzene rings is 1. The van der Waals surface area contributed by atoms with Crippen LogP contribution < -0.4 is 10.6 Å². The maximum Gasteiger partial charge on any atom is 0.253 e. The van der Waals surface area contributed by atoms with Gasteiger partial charge in [0.1, 0.15) is 0 Å². The molecule has 0 spiro atoms. The predicted molar refractivity (Wildman–Crippen MR) is 100 cm³/mol. The summed E-state index contributed by atoms with van der Waals surface area (Å²) in [6, 6.07) is 5.61. The van der Waals surface area contributed by atoms with Gasteiger partial charge in [-0.25, -0.2) is 9.97 Å². The Balaban J connectivity index is 1.84.